The molecule has 3 atom stereocenters. The van der Waals surface area contributed by atoms with Gasteiger partial charge >= 0.3 is 0 Å². The molecule has 1 unspecified atom stereocenters. The fourth-order valence-corrected chi connectivity index (χ4v) is 3.28. The van der Waals surface area contributed by atoms with E-state index in [0.717, 1.165) is 32.6 Å². The lowest BCUT2D eigenvalue weighted by molar-refractivity contribution is 0.0528. The highest BCUT2D eigenvalue weighted by atomic mass is 16.3. The smallest absolute Gasteiger partial charge is 0.0682 e. The maximum Gasteiger partial charge on any atom is 0.0682 e. The Labute approximate surface area is 108 Å². The maximum absolute atomic E-state index is 9.75. The number of hydrogen-bond donors (Lipinski definition) is 1. The highest BCUT2D eigenvalue weighted by Crippen LogP contribution is 2.25. The van der Waals surface area contributed by atoms with Crippen LogP contribution in [0.1, 0.15) is 18.9 Å². The van der Waals surface area contributed by atoms with Gasteiger partial charge in [-0.25, -0.2) is 0 Å². The van der Waals surface area contributed by atoms with Crippen molar-refractivity contribution in [3.8, 4) is 0 Å². The second-order valence-electron chi connectivity index (χ2n) is 5.80. The molecule has 1 aromatic heterocycles. The molecule has 2 aliphatic rings. The summed E-state index contributed by atoms with van der Waals surface area (Å²) in [7, 11) is 1.96. The summed E-state index contributed by atoms with van der Waals surface area (Å²) in [6.07, 6.45) is 4.84. The number of aromatic nitrogens is 2. The molecule has 18 heavy (non-hydrogen) atoms. The lowest BCUT2D eigenvalue weighted by Crippen LogP contribution is -2.54. The predicted octanol–water partition coefficient (Wildman–Crippen LogP) is 0.0594. The molecule has 0 aliphatic carbocycles. The van der Waals surface area contributed by atoms with Gasteiger partial charge in [-0.3, -0.25) is 14.5 Å². The Morgan fingerprint density at radius 3 is 2.94 bits per heavy atom. The van der Waals surface area contributed by atoms with Crippen molar-refractivity contribution in [3.63, 3.8) is 0 Å². The van der Waals surface area contributed by atoms with Crippen molar-refractivity contribution in [1.82, 2.24) is 19.6 Å². The third-order valence-corrected chi connectivity index (χ3v) is 4.22. The van der Waals surface area contributed by atoms with Gasteiger partial charge in [-0.1, -0.05) is 0 Å². The van der Waals surface area contributed by atoms with Gasteiger partial charge in [-0.2, -0.15) is 5.10 Å². The van der Waals surface area contributed by atoms with Gasteiger partial charge in [-0.15, -0.1) is 0 Å². The fraction of sp³-hybridized carbons (Fsp3) is 0.769. The minimum Gasteiger partial charge on any atom is -0.392 e. The third kappa shape index (κ3) is 2.30. The van der Waals surface area contributed by atoms with E-state index in [4.69, 9.17) is 0 Å². The lowest BCUT2D eigenvalue weighted by Gasteiger charge is -2.42. The van der Waals surface area contributed by atoms with Gasteiger partial charge in [0.15, 0.2) is 0 Å². The highest BCUT2D eigenvalue weighted by molar-refractivity contribution is 5.05. The van der Waals surface area contributed by atoms with Crippen molar-refractivity contribution in [1.29, 1.82) is 0 Å². The largest absolute Gasteiger partial charge is 0.392 e. The van der Waals surface area contributed by atoms with E-state index >= 15 is 0 Å². The summed E-state index contributed by atoms with van der Waals surface area (Å²) in [4.78, 5) is 4.95. The topological polar surface area (TPSA) is 44.5 Å². The Morgan fingerprint density at radius 2 is 2.22 bits per heavy atom. The fourth-order valence-electron chi connectivity index (χ4n) is 3.28. The molecule has 3 heterocycles. The summed E-state index contributed by atoms with van der Waals surface area (Å²) >= 11 is 0. The predicted molar refractivity (Wildman–Crippen MR) is 69.1 cm³/mol. The molecular formula is C13H22N4O. The van der Waals surface area contributed by atoms with Gasteiger partial charge < -0.3 is 5.11 Å². The van der Waals surface area contributed by atoms with Crippen molar-refractivity contribution in [2.24, 2.45) is 7.05 Å². The molecule has 3 rings (SSSR count). The van der Waals surface area contributed by atoms with Crippen LogP contribution in [0.5, 0.6) is 0 Å². The first-order valence-electron chi connectivity index (χ1n) is 6.75. The average molecular weight is 250 g/mol. The molecule has 100 valence electrons. The second kappa shape index (κ2) is 4.64. The molecule has 0 amide bonds. The minimum absolute atomic E-state index is 0.124. The van der Waals surface area contributed by atoms with E-state index < -0.39 is 0 Å². The molecule has 0 radical (unpaired) electrons. The first-order chi connectivity index (χ1) is 8.61. The van der Waals surface area contributed by atoms with E-state index in [1.165, 1.54) is 5.56 Å². The van der Waals surface area contributed by atoms with Crippen LogP contribution >= 0.6 is 0 Å². The Bertz CT molecular complexity index is 419. The summed E-state index contributed by atoms with van der Waals surface area (Å²) in [5.41, 5.74) is 1.27. The molecule has 0 bridgehead atoms. The number of piperazine rings is 1. The van der Waals surface area contributed by atoms with Gasteiger partial charge in [0.25, 0.3) is 0 Å². The van der Waals surface area contributed by atoms with Crippen molar-refractivity contribution in [2.45, 2.75) is 38.1 Å². The molecule has 5 nitrogen and oxygen atoms in total. The number of aryl methyl sites for hydroxylation is 1. The number of fused-ring (bicyclic) bond motifs is 1. The van der Waals surface area contributed by atoms with Crippen LogP contribution in [0.3, 0.4) is 0 Å². The van der Waals surface area contributed by atoms with Crippen molar-refractivity contribution >= 4 is 0 Å². The van der Waals surface area contributed by atoms with E-state index in [-0.39, 0.29) is 6.10 Å². The van der Waals surface area contributed by atoms with E-state index in [0.29, 0.717) is 12.1 Å². The van der Waals surface area contributed by atoms with Crippen LogP contribution in [0.4, 0.5) is 0 Å². The Balaban J connectivity index is 1.66. The van der Waals surface area contributed by atoms with Crippen LogP contribution in [0.15, 0.2) is 12.4 Å². The number of rotatable bonds is 2. The molecule has 2 saturated heterocycles. The molecule has 0 spiro atoms. The van der Waals surface area contributed by atoms with Crippen LogP contribution in [-0.4, -0.2) is 62.5 Å². The van der Waals surface area contributed by atoms with Crippen LogP contribution in [0.2, 0.25) is 0 Å². The zero-order chi connectivity index (χ0) is 12.7. The summed E-state index contributed by atoms with van der Waals surface area (Å²) in [6.45, 7) is 6.23. The summed E-state index contributed by atoms with van der Waals surface area (Å²) in [5.74, 6) is 0. The standard InChI is InChI=1S/C13H22N4O/c1-10-5-17-9-13(18)3-12(17)8-16(10)7-11-4-14-15(2)6-11/h4,6,10,12-13,18H,3,5,7-9H2,1-2H3/t10-,12?,13+/m0/s1. The lowest BCUT2D eigenvalue weighted by atomic mass is 10.1. The van der Waals surface area contributed by atoms with Crippen LogP contribution in [0, 0.1) is 0 Å². The number of aliphatic hydroxyl groups excluding tert-OH is 1. The average Bonchev–Trinajstić information content (AvgIpc) is 2.85. The minimum atomic E-state index is -0.124. The molecule has 2 fully saturated rings. The van der Waals surface area contributed by atoms with Gasteiger partial charge in [0.05, 0.1) is 12.3 Å². The van der Waals surface area contributed by atoms with Gasteiger partial charge in [-0.05, 0) is 13.3 Å². The monoisotopic (exact) mass is 250 g/mol. The molecule has 0 saturated carbocycles. The van der Waals surface area contributed by atoms with E-state index in [9.17, 15) is 5.11 Å². The summed E-state index contributed by atoms with van der Waals surface area (Å²) in [6, 6.07) is 1.08. The van der Waals surface area contributed by atoms with Gasteiger partial charge in [0, 0.05) is 57.1 Å². The highest BCUT2D eigenvalue weighted by Gasteiger charge is 2.37. The van der Waals surface area contributed by atoms with Crippen LogP contribution < -0.4 is 0 Å². The SMILES string of the molecule is C[C@H]1CN2C[C@H](O)CC2CN1Cc1cnn(C)c1. The van der Waals surface area contributed by atoms with Crippen LogP contribution in [0.25, 0.3) is 0 Å². The summed E-state index contributed by atoms with van der Waals surface area (Å²) in [5, 5.41) is 14.0. The maximum atomic E-state index is 9.75. The van der Waals surface area contributed by atoms with Crippen LogP contribution in [-0.2, 0) is 13.6 Å². The van der Waals surface area contributed by atoms with E-state index in [1.54, 1.807) is 0 Å². The van der Waals surface area contributed by atoms with Gasteiger partial charge in [0.1, 0.15) is 0 Å². The quantitative estimate of drug-likeness (QED) is 0.806. The van der Waals surface area contributed by atoms with Crippen molar-refractivity contribution in [2.75, 3.05) is 19.6 Å². The first-order valence-corrected chi connectivity index (χ1v) is 6.75. The number of nitrogens with zero attached hydrogens (tertiary/aromatic N) is 4. The first kappa shape index (κ1) is 12.1. The molecule has 0 aromatic carbocycles. The molecule has 2 aliphatic heterocycles. The van der Waals surface area contributed by atoms with Crippen molar-refractivity contribution in [3.05, 3.63) is 18.0 Å². The number of hydrogen-bond acceptors (Lipinski definition) is 4. The normalized spacial score (nSPS) is 33.8. The molecule has 1 N–H and O–H groups in total. The Kier molecular flexibility index (Phi) is 3.13. The summed E-state index contributed by atoms with van der Waals surface area (Å²) < 4.78 is 1.86. The van der Waals surface area contributed by atoms with E-state index in [1.807, 2.05) is 17.9 Å². The third-order valence-electron chi connectivity index (χ3n) is 4.22. The number of aliphatic hydroxyl groups is 1. The van der Waals surface area contributed by atoms with E-state index in [2.05, 4.69) is 28.0 Å². The zero-order valence-corrected chi connectivity index (χ0v) is 11.2. The Hall–Kier alpha value is -0.910. The second-order valence-corrected chi connectivity index (χ2v) is 5.80. The molecular weight excluding hydrogens is 228 g/mol. The van der Waals surface area contributed by atoms with Gasteiger partial charge in [0.2, 0.25) is 0 Å². The van der Waals surface area contributed by atoms with Crippen molar-refractivity contribution < 1.29 is 5.11 Å². The molecule has 1 aromatic rings. The Morgan fingerprint density at radius 1 is 1.39 bits per heavy atom. The zero-order valence-electron chi connectivity index (χ0n) is 11.2. The molecule has 5 heteroatoms.